The summed E-state index contributed by atoms with van der Waals surface area (Å²) in [5, 5.41) is 8.90. The lowest BCUT2D eigenvalue weighted by atomic mass is 10.1. The van der Waals surface area contributed by atoms with Gasteiger partial charge in [-0.3, -0.25) is 0 Å². The Morgan fingerprint density at radius 3 is 2.68 bits per heavy atom. The summed E-state index contributed by atoms with van der Waals surface area (Å²) >= 11 is 0. The van der Waals surface area contributed by atoms with Crippen LogP contribution >= 0.6 is 0 Å². The van der Waals surface area contributed by atoms with Crippen LogP contribution in [0, 0.1) is 25.2 Å². The third-order valence-corrected chi connectivity index (χ3v) is 2.82. The fourth-order valence-electron chi connectivity index (χ4n) is 1.99. The number of hydrogen-bond donors (Lipinski definition) is 0. The second kappa shape index (κ2) is 5.49. The molecule has 19 heavy (non-hydrogen) atoms. The Balaban J connectivity index is 2.20. The number of aromatic nitrogens is 2. The van der Waals surface area contributed by atoms with Gasteiger partial charge in [0.2, 0.25) is 0 Å². The molecule has 0 bridgehead atoms. The number of benzene rings is 1. The predicted octanol–water partition coefficient (Wildman–Crippen LogP) is 2.60. The van der Waals surface area contributed by atoms with E-state index < -0.39 is 0 Å². The molecule has 0 radical (unpaired) electrons. The van der Waals surface area contributed by atoms with Crippen molar-refractivity contribution in [3.8, 4) is 6.07 Å². The summed E-state index contributed by atoms with van der Waals surface area (Å²) in [6.07, 6.45) is 0. The van der Waals surface area contributed by atoms with Gasteiger partial charge in [-0.05, 0) is 31.5 Å². The van der Waals surface area contributed by atoms with Gasteiger partial charge in [0.1, 0.15) is 11.6 Å². The van der Waals surface area contributed by atoms with E-state index in [4.69, 9.17) is 5.26 Å². The van der Waals surface area contributed by atoms with E-state index in [2.05, 4.69) is 20.9 Å². The average Bonchev–Trinajstić information content (AvgIpc) is 2.37. The van der Waals surface area contributed by atoms with Crippen molar-refractivity contribution < 1.29 is 0 Å². The number of rotatable bonds is 3. The first kappa shape index (κ1) is 13.0. The van der Waals surface area contributed by atoms with Crippen molar-refractivity contribution in [2.45, 2.75) is 20.4 Å². The molecule has 4 heteroatoms. The maximum absolute atomic E-state index is 8.90. The highest BCUT2D eigenvalue weighted by molar-refractivity contribution is 5.41. The van der Waals surface area contributed by atoms with Crippen molar-refractivity contribution in [3.05, 3.63) is 53.0 Å². The second-order valence-corrected chi connectivity index (χ2v) is 4.58. The molecule has 0 aliphatic rings. The Morgan fingerprint density at radius 2 is 2.00 bits per heavy atom. The Morgan fingerprint density at radius 1 is 1.21 bits per heavy atom. The second-order valence-electron chi connectivity index (χ2n) is 4.58. The van der Waals surface area contributed by atoms with Crippen LogP contribution in [0.2, 0.25) is 0 Å². The fraction of sp³-hybridized carbons (Fsp3) is 0.267. The Hall–Kier alpha value is -2.41. The lowest BCUT2D eigenvalue weighted by Crippen LogP contribution is -2.18. The first-order valence-corrected chi connectivity index (χ1v) is 6.11. The highest BCUT2D eigenvalue weighted by Gasteiger charge is 2.06. The zero-order valence-corrected chi connectivity index (χ0v) is 11.4. The van der Waals surface area contributed by atoms with E-state index in [9.17, 15) is 0 Å². The molecule has 0 saturated heterocycles. The molecule has 0 amide bonds. The number of nitriles is 1. The molecule has 1 aromatic heterocycles. The molecule has 0 saturated carbocycles. The molecule has 4 nitrogen and oxygen atoms in total. The van der Waals surface area contributed by atoms with Crippen molar-refractivity contribution in [3.63, 3.8) is 0 Å². The van der Waals surface area contributed by atoms with Gasteiger partial charge in [-0.25, -0.2) is 9.97 Å². The predicted molar refractivity (Wildman–Crippen MR) is 74.8 cm³/mol. The van der Waals surface area contributed by atoms with Crippen LogP contribution in [0.4, 0.5) is 5.82 Å². The number of nitrogens with zero attached hydrogens (tertiary/aromatic N) is 4. The van der Waals surface area contributed by atoms with Crippen LogP contribution in [0.25, 0.3) is 0 Å². The van der Waals surface area contributed by atoms with Gasteiger partial charge in [-0.2, -0.15) is 5.26 Å². The zero-order chi connectivity index (χ0) is 13.8. The fourth-order valence-corrected chi connectivity index (χ4v) is 1.99. The molecular formula is C15H16N4. The molecule has 0 N–H and O–H groups in total. The minimum Gasteiger partial charge on any atom is -0.355 e. The minimum absolute atomic E-state index is 0.681. The molecule has 1 aromatic carbocycles. The highest BCUT2D eigenvalue weighted by atomic mass is 15.2. The van der Waals surface area contributed by atoms with Gasteiger partial charge in [-0.1, -0.05) is 12.1 Å². The van der Waals surface area contributed by atoms with Crippen LogP contribution in [0.15, 0.2) is 30.3 Å². The summed E-state index contributed by atoms with van der Waals surface area (Å²) < 4.78 is 0. The SMILES string of the molecule is Cc1cc(N(C)Cc2cccc(C#N)c2)nc(C)n1. The van der Waals surface area contributed by atoms with Gasteiger partial charge in [0.05, 0.1) is 11.6 Å². The quantitative estimate of drug-likeness (QED) is 0.842. The van der Waals surface area contributed by atoms with Gasteiger partial charge in [0.25, 0.3) is 0 Å². The number of anilines is 1. The lowest BCUT2D eigenvalue weighted by molar-refractivity contribution is 0.872. The molecule has 0 fully saturated rings. The van der Waals surface area contributed by atoms with Gasteiger partial charge in [0.15, 0.2) is 0 Å². The molecule has 2 aromatic rings. The topological polar surface area (TPSA) is 52.8 Å². The van der Waals surface area contributed by atoms with Gasteiger partial charge >= 0.3 is 0 Å². The van der Waals surface area contributed by atoms with Gasteiger partial charge < -0.3 is 4.90 Å². The largest absolute Gasteiger partial charge is 0.355 e. The molecule has 2 rings (SSSR count). The van der Waals surface area contributed by atoms with Crippen molar-refractivity contribution in [1.82, 2.24) is 9.97 Å². The summed E-state index contributed by atoms with van der Waals surface area (Å²) in [7, 11) is 1.99. The van der Waals surface area contributed by atoms with E-state index in [1.165, 1.54) is 0 Å². The van der Waals surface area contributed by atoms with Crippen LogP contribution in [0.1, 0.15) is 22.6 Å². The van der Waals surface area contributed by atoms with E-state index in [1.807, 2.05) is 51.2 Å². The minimum atomic E-state index is 0.681. The van der Waals surface area contributed by atoms with Gasteiger partial charge in [0, 0.05) is 25.4 Å². The van der Waals surface area contributed by atoms with E-state index in [0.29, 0.717) is 12.1 Å². The van der Waals surface area contributed by atoms with Crippen LogP contribution in [0.3, 0.4) is 0 Å². The molecule has 0 unspecified atom stereocenters. The van der Waals surface area contributed by atoms with E-state index in [-0.39, 0.29) is 0 Å². The van der Waals surface area contributed by atoms with Crippen LogP contribution in [-0.2, 0) is 6.54 Å². The maximum Gasteiger partial charge on any atom is 0.132 e. The van der Waals surface area contributed by atoms with Crippen LogP contribution < -0.4 is 4.90 Å². The summed E-state index contributed by atoms with van der Waals surface area (Å²) in [5.74, 6) is 1.67. The molecule has 0 aliphatic carbocycles. The third-order valence-electron chi connectivity index (χ3n) is 2.82. The summed E-state index contributed by atoms with van der Waals surface area (Å²) in [5.41, 5.74) is 2.73. The van der Waals surface area contributed by atoms with Crippen LogP contribution in [-0.4, -0.2) is 17.0 Å². The first-order chi connectivity index (χ1) is 9.08. The van der Waals surface area contributed by atoms with Crippen molar-refractivity contribution >= 4 is 5.82 Å². The maximum atomic E-state index is 8.90. The van der Waals surface area contributed by atoms with E-state index >= 15 is 0 Å². The Labute approximate surface area is 113 Å². The summed E-state index contributed by atoms with van der Waals surface area (Å²) in [4.78, 5) is 10.7. The van der Waals surface area contributed by atoms with Gasteiger partial charge in [-0.15, -0.1) is 0 Å². The lowest BCUT2D eigenvalue weighted by Gasteiger charge is -2.19. The molecule has 0 aliphatic heterocycles. The monoisotopic (exact) mass is 252 g/mol. The molecular weight excluding hydrogens is 236 g/mol. The van der Waals surface area contributed by atoms with Crippen molar-refractivity contribution in [2.75, 3.05) is 11.9 Å². The number of hydrogen-bond acceptors (Lipinski definition) is 4. The first-order valence-electron chi connectivity index (χ1n) is 6.11. The molecule has 0 atom stereocenters. The van der Waals surface area contributed by atoms with Crippen molar-refractivity contribution in [1.29, 1.82) is 5.26 Å². The average molecular weight is 252 g/mol. The molecule has 1 heterocycles. The zero-order valence-electron chi connectivity index (χ0n) is 11.4. The Kier molecular flexibility index (Phi) is 3.76. The standard InChI is InChI=1S/C15H16N4/c1-11-7-15(18-12(2)17-11)19(3)10-14-6-4-5-13(8-14)9-16/h4-8H,10H2,1-3H3. The summed E-state index contributed by atoms with van der Waals surface area (Å²) in [6, 6.07) is 11.7. The van der Waals surface area contributed by atoms with Crippen molar-refractivity contribution in [2.24, 2.45) is 0 Å². The van der Waals surface area contributed by atoms with Crippen LogP contribution in [0.5, 0.6) is 0 Å². The summed E-state index contributed by atoms with van der Waals surface area (Å²) in [6.45, 7) is 4.56. The normalized spacial score (nSPS) is 10.0. The van der Waals surface area contributed by atoms with E-state index in [0.717, 1.165) is 22.9 Å². The Bertz CT molecular complexity index is 608. The van der Waals surface area contributed by atoms with E-state index in [1.54, 1.807) is 0 Å². The molecule has 0 spiro atoms. The number of aryl methyl sites for hydroxylation is 2. The smallest absolute Gasteiger partial charge is 0.132 e. The molecule has 96 valence electrons. The third kappa shape index (κ3) is 3.29. The highest BCUT2D eigenvalue weighted by Crippen LogP contribution is 2.14.